The lowest BCUT2D eigenvalue weighted by Crippen LogP contribution is -1.95. The summed E-state index contributed by atoms with van der Waals surface area (Å²) in [6.07, 6.45) is 0. The average molecular weight is 380 g/mol. The van der Waals surface area contributed by atoms with Crippen molar-refractivity contribution < 1.29 is 14.9 Å². The smallest absolute Gasteiger partial charge is 0.141 e. The Hall–Kier alpha value is -4.17. The van der Waals surface area contributed by atoms with Gasteiger partial charge in [-0.1, -0.05) is 30.3 Å². The summed E-state index contributed by atoms with van der Waals surface area (Å²) in [6, 6.07) is 22.4. The van der Waals surface area contributed by atoms with E-state index in [0.717, 1.165) is 27.9 Å². The van der Waals surface area contributed by atoms with Crippen molar-refractivity contribution in [1.82, 2.24) is 4.57 Å². The third-order valence-corrected chi connectivity index (χ3v) is 5.34. The Labute approximate surface area is 166 Å². The second-order valence-electron chi connectivity index (χ2n) is 6.81. The molecule has 0 spiro atoms. The third kappa shape index (κ3) is 2.26. The van der Waals surface area contributed by atoms with E-state index in [2.05, 4.69) is 6.07 Å². The maximum Gasteiger partial charge on any atom is 0.141 e. The molecule has 0 amide bonds. The first kappa shape index (κ1) is 17.0. The molecule has 0 fully saturated rings. The van der Waals surface area contributed by atoms with E-state index in [-0.39, 0.29) is 17.1 Å². The number of aromatic hydroxyl groups is 2. The van der Waals surface area contributed by atoms with Gasteiger partial charge in [-0.25, -0.2) is 0 Å². The second-order valence-corrected chi connectivity index (χ2v) is 6.81. The van der Waals surface area contributed by atoms with Crippen molar-refractivity contribution in [2.75, 3.05) is 7.11 Å². The van der Waals surface area contributed by atoms with Crippen molar-refractivity contribution in [3.8, 4) is 29.0 Å². The van der Waals surface area contributed by atoms with Gasteiger partial charge in [0.2, 0.25) is 0 Å². The maximum atomic E-state index is 10.8. The zero-order valence-electron chi connectivity index (χ0n) is 15.5. The topological polar surface area (TPSA) is 78.4 Å². The largest absolute Gasteiger partial charge is 0.507 e. The summed E-state index contributed by atoms with van der Waals surface area (Å²) in [5, 5.41) is 33.8. The minimum Gasteiger partial charge on any atom is -0.507 e. The lowest BCUT2D eigenvalue weighted by molar-refractivity contribution is 0.415. The van der Waals surface area contributed by atoms with Crippen molar-refractivity contribution in [3.05, 3.63) is 72.3 Å². The Morgan fingerprint density at radius 1 is 0.862 bits per heavy atom. The zero-order chi connectivity index (χ0) is 20.1. The number of benzene rings is 4. The van der Waals surface area contributed by atoms with Crippen molar-refractivity contribution in [2.45, 2.75) is 0 Å². The van der Waals surface area contributed by atoms with Gasteiger partial charge >= 0.3 is 0 Å². The number of nitrogens with zero attached hydrogens (tertiary/aromatic N) is 2. The fourth-order valence-electron chi connectivity index (χ4n) is 4.08. The highest BCUT2D eigenvalue weighted by molar-refractivity contribution is 6.24. The number of rotatable bonds is 2. The van der Waals surface area contributed by atoms with Crippen LogP contribution in [0.4, 0.5) is 0 Å². The van der Waals surface area contributed by atoms with Gasteiger partial charge in [0.1, 0.15) is 28.9 Å². The molecule has 0 saturated heterocycles. The second kappa shape index (κ2) is 6.18. The molecule has 0 unspecified atom stereocenters. The Bertz CT molecular complexity index is 1460. The first-order chi connectivity index (χ1) is 14.2. The number of hydrogen-bond acceptors (Lipinski definition) is 4. The van der Waals surface area contributed by atoms with E-state index in [1.165, 1.54) is 0 Å². The van der Waals surface area contributed by atoms with Crippen LogP contribution < -0.4 is 4.74 Å². The molecular weight excluding hydrogens is 364 g/mol. The van der Waals surface area contributed by atoms with Gasteiger partial charge in [0.15, 0.2) is 0 Å². The summed E-state index contributed by atoms with van der Waals surface area (Å²) in [7, 11) is 1.61. The molecule has 0 radical (unpaired) electrons. The van der Waals surface area contributed by atoms with Gasteiger partial charge < -0.3 is 19.5 Å². The van der Waals surface area contributed by atoms with Crippen molar-refractivity contribution in [2.24, 2.45) is 0 Å². The van der Waals surface area contributed by atoms with Crippen LogP contribution in [-0.4, -0.2) is 21.9 Å². The summed E-state index contributed by atoms with van der Waals surface area (Å²) in [4.78, 5) is 0. The van der Waals surface area contributed by atoms with Crippen LogP contribution in [0.25, 0.3) is 38.3 Å². The van der Waals surface area contributed by atoms with Crippen molar-refractivity contribution in [1.29, 1.82) is 5.26 Å². The molecule has 5 aromatic rings. The minimum absolute atomic E-state index is 0.0611. The quantitative estimate of drug-likeness (QED) is 0.440. The summed E-state index contributed by atoms with van der Waals surface area (Å²) in [5.41, 5.74) is 2.52. The van der Waals surface area contributed by atoms with Crippen LogP contribution in [0.2, 0.25) is 0 Å². The molecule has 5 heteroatoms. The van der Waals surface area contributed by atoms with E-state index in [1.807, 2.05) is 53.1 Å². The molecule has 5 nitrogen and oxygen atoms in total. The van der Waals surface area contributed by atoms with Gasteiger partial charge in [0.05, 0.1) is 23.5 Å². The Morgan fingerprint density at radius 3 is 2.28 bits per heavy atom. The predicted octanol–water partition coefficient (Wildman–Crippen LogP) is 5.23. The summed E-state index contributed by atoms with van der Waals surface area (Å²) >= 11 is 0. The fraction of sp³-hybridized carbons (Fsp3) is 0.0417. The van der Waals surface area contributed by atoms with E-state index in [1.54, 1.807) is 25.3 Å². The van der Waals surface area contributed by atoms with E-state index in [0.29, 0.717) is 16.2 Å². The molecule has 1 aromatic heterocycles. The molecule has 1 heterocycles. The molecule has 0 saturated carbocycles. The molecule has 0 atom stereocenters. The number of nitriles is 1. The normalized spacial score (nSPS) is 11.2. The van der Waals surface area contributed by atoms with Crippen LogP contribution in [0.5, 0.6) is 17.2 Å². The van der Waals surface area contributed by atoms with Gasteiger partial charge in [0.25, 0.3) is 0 Å². The standard InChI is InChI=1S/C24H16N2O3/c1-29-15-11-9-14(10-12-15)26-19-7-4-8-20(27)22(19)21-18(13-25)24(28)17-6-3-2-5-16(17)23(21)26/h2-12,27-28H,1H3. The van der Waals surface area contributed by atoms with Gasteiger partial charge in [-0.3, -0.25) is 0 Å². The molecule has 0 bridgehead atoms. The number of phenolic OH excluding ortho intramolecular Hbond substituents is 2. The van der Waals surface area contributed by atoms with Crippen LogP contribution in [0.15, 0.2) is 66.7 Å². The Kier molecular flexibility index (Phi) is 3.62. The predicted molar refractivity (Wildman–Crippen MR) is 113 cm³/mol. The fourth-order valence-corrected chi connectivity index (χ4v) is 4.08. The van der Waals surface area contributed by atoms with Gasteiger partial charge in [-0.2, -0.15) is 5.26 Å². The SMILES string of the molecule is COc1ccc(-n2c3cccc(O)c3c3c(C#N)c(O)c4ccccc4c32)cc1. The Balaban J connectivity index is 2.10. The highest BCUT2D eigenvalue weighted by Crippen LogP contribution is 2.45. The number of fused-ring (bicyclic) bond motifs is 5. The van der Waals surface area contributed by atoms with E-state index in [9.17, 15) is 15.5 Å². The summed E-state index contributed by atoms with van der Waals surface area (Å²) in [6.45, 7) is 0. The maximum absolute atomic E-state index is 10.8. The Morgan fingerprint density at radius 2 is 1.59 bits per heavy atom. The summed E-state index contributed by atoms with van der Waals surface area (Å²) in [5.74, 6) is 0.719. The number of methoxy groups -OCH3 is 1. The lowest BCUT2D eigenvalue weighted by Gasteiger charge is -2.12. The van der Waals surface area contributed by atoms with Crippen LogP contribution in [0.3, 0.4) is 0 Å². The van der Waals surface area contributed by atoms with Crippen molar-refractivity contribution >= 4 is 32.6 Å². The first-order valence-electron chi connectivity index (χ1n) is 9.10. The number of aromatic nitrogens is 1. The molecule has 29 heavy (non-hydrogen) atoms. The van der Waals surface area contributed by atoms with E-state index >= 15 is 0 Å². The lowest BCUT2D eigenvalue weighted by atomic mass is 9.99. The van der Waals surface area contributed by atoms with E-state index in [4.69, 9.17) is 4.74 Å². The summed E-state index contributed by atoms with van der Waals surface area (Å²) < 4.78 is 7.28. The zero-order valence-corrected chi connectivity index (χ0v) is 15.5. The van der Waals surface area contributed by atoms with E-state index < -0.39 is 0 Å². The number of hydrogen-bond donors (Lipinski definition) is 2. The van der Waals surface area contributed by atoms with Crippen molar-refractivity contribution in [3.63, 3.8) is 0 Å². The van der Waals surface area contributed by atoms with Crippen LogP contribution >= 0.6 is 0 Å². The molecule has 4 aromatic carbocycles. The van der Waals surface area contributed by atoms with Crippen LogP contribution in [0.1, 0.15) is 5.56 Å². The third-order valence-electron chi connectivity index (χ3n) is 5.34. The van der Waals surface area contributed by atoms with Crippen LogP contribution in [-0.2, 0) is 0 Å². The number of phenols is 2. The van der Waals surface area contributed by atoms with Crippen LogP contribution in [0, 0.1) is 11.3 Å². The molecule has 5 rings (SSSR count). The van der Waals surface area contributed by atoms with Gasteiger partial charge in [0, 0.05) is 21.8 Å². The average Bonchev–Trinajstić information content (AvgIpc) is 3.11. The number of ether oxygens (including phenoxy) is 1. The molecule has 0 aliphatic rings. The minimum atomic E-state index is -0.0763. The molecule has 0 aliphatic heterocycles. The first-order valence-corrected chi connectivity index (χ1v) is 9.10. The highest BCUT2D eigenvalue weighted by Gasteiger charge is 2.23. The molecular formula is C24H16N2O3. The molecule has 140 valence electrons. The molecule has 0 aliphatic carbocycles. The van der Waals surface area contributed by atoms with Gasteiger partial charge in [-0.15, -0.1) is 0 Å². The monoisotopic (exact) mass is 380 g/mol. The molecule has 2 N–H and O–H groups in total. The van der Waals surface area contributed by atoms with Gasteiger partial charge in [-0.05, 0) is 36.4 Å². The highest BCUT2D eigenvalue weighted by atomic mass is 16.5.